The van der Waals surface area contributed by atoms with Gasteiger partial charge < -0.3 is 10.2 Å². The first-order valence-electron chi connectivity index (χ1n) is 6.10. The second-order valence-corrected chi connectivity index (χ2v) is 4.81. The Morgan fingerprint density at radius 1 is 1.10 bits per heavy atom. The van der Waals surface area contributed by atoms with Gasteiger partial charge in [-0.2, -0.15) is 9.78 Å². The van der Waals surface area contributed by atoms with Gasteiger partial charge in [0.1, 0.15) is 12.2 Å². The van der Waals surface area contributed by atoms with Crippen molar-refractivity contribution in [1.82, 2.24) is 14.9 Å². The molecule has 0 fully saturated rings. The maximum absolute atomic E-state index is 9.64. The van der Waals surface area contributed by atoms with Crippen LogP contribution in [-0.4, -0.2) is 31.3 Å². The lowest BCUT2D eigenvalue weighted by Gasteiger charge is -2.07. The summed E-state index contributed by atoms with van der Waals surface area (Å²) in [5, 5.41) is 31.8. The van der Waals surface area contributed by atoms with Crippen LogP contribution in [0.2, 0.25) is 5.02 Å². The summed E-state index contributed by atoms with van der Waals surface area (Å²) in [5.74, 6) is 0.539. The highest BCUT2D eigenvalue weighted by Gasteiger charge is 2.18. The summed E-state index contributed by atoms with van der Waals surface area (Å²) in [6.07, 6.45) is -0.0907. The molecule has 0 spiro atoms. The third-order valence-electron chi connectivity index (χ3n) is 2.63. The molecule has 2 rings (SSSR count). The Kier molecular flexibility index (Phi) is 4.49. The zero-order valence-corrected chi connectivity index (χ0v) is 11.9. The fourth-order valence-corrected chi connectivity index (χ4v) is 1.74. The van der Waals surface area contributed by atoms with Crippen molar-refractivity contribution in [3.8, 4) is 0 Å². The molecule has 7 heteroatoms. The molecule has 0 bridgehead atoms. The second kappa shape index (κ2) is 6.13. The Bertz CT molecular complexity index is 580. The average Bonchev–Trinajstić information content (AvgIpc) is 2.82. The number of halogens is 1. The number of aliphatic hydroxyl groups excluding tert-OH is 2. The highest BCUT2D eigenvalue weighted by Crippen LogP contribution is 2.16. The van der Waals surface area contributed by atoms with Gasteiger partial charge in [0.05, 0.1) is 6.21 Å². The largest absolute Gasteiger partial charge is 0.385 e. The molecule has 2 N–H and O–H groups in total. The molecule has 0 aliphatic carbocycles. The van der Waals surface area contributed by atoms with Crippen LogP contribution in [0, 0.1) is 0 Å². The van der Waals surface area contributed by atoms with Crippen LogP contribution in [-0.2, 0) is 0 Å². The lowest BCUT2D eigenvalue weighted by Crippen LogP contribution is -2.08. The fourth-order valence-electron chi connectivity index (χ4n) is 1.62. The van der Waals surface area contributed by atoms with Crippen molar-refractivity contribution in [3.63, 3.8) is 0 Å². The smallest absolute Gasteiger partial charge is 0.182 e. The van der Waals surface area contributed by atoms with Crippen molar-refractivity contribution in [3.05, 3.63) is 46.5 Å². The molecule has 0 aliphatic rings. The number of aromatic nitrogens is 3. The Morgan fingerprint density at radius 2 is 1.60 bits per heavy atom. The van der Waals surface area contributed by atoms with Gasteiger partial charge >= 0.3 is 0 Å². The van der Waals surface area contributed by atoms with E-state index in [1.54, 1.807) is 44.3 Å². The quantitative estimate of drug-likeness (QED) is 0.844. The van der Waals surface area contributed by atoms with E-state index >= 15 is 0 Å². The van der Waals surface area contributed by atoms with Crippen molar-refractivity contribution in [2.45, 2.75) is 26.1 Å². The van der Waals surface area contributed by atoms with Crippen LogP contribution < -0.4 is 0 Å². The molecule has 0 saturated carbocycles. The molecule has 0 unspecified atom stereocenters. The van der Waals surface area contributed by atoms with E-state index < -0.39 is 12.2 Å². The van der Waals surface area contributed by atoms with Gasteiger partial charge in [-0.25, -0.2) is 0 Å². The van der Waals surface area contributed by atoms with Crippen LogP contribution in [0.5, 0.6) is 0 Å². The Balaban J connectivity index is 2.36. The van der Waals surface area contributed by atoms with Crippen LogP contribution in [0.3, 0.4) is 0 Å². The predicted molar refractivity (Wildman–Crippen MR) is 75.7 cm³/mol. The van der Waals surface area contributed by atoms with Crippen molar-refractivity contribution >= 4 is 17.8 Å². The van der Waals surface area contributed by atoms with Crippen LogP contribution in [0.15, 0.2) is 29.4 Å². The third kappa shape index (κ3) is 3.22. The molecule has 1 aromatic heterocycles. The topological polar surface area (TPSA) is 83.5 Å². The Morgan fingerprint density at radius 3 is 2.05 bits per heavy atom. The number of hydrogen-bond acceptors (Lipinski definition) is 5. The van der Waals surface area contributed by atoms with E-state index in [0.29, 0.717) is 5.02 Å². The van der Waals surface area contributed by atoms with Crippen molar-refractivity contribution in [2.24, 2.45) is 5.10 Å². The van der Waals surface area contributed by atoms with E-state index in [1.165, 1.54) is 4.68 Å². The van der Waals surface area contributed by atoms with Crippen molar-refractivity contribution < 1.29 is 10.2 Å². The Labute approximate surface area is 121 Å². The number of hydrogen-bond donors (Lipinski definition) is 2. The normalized spacial score (nSPS) is 14.7. The van der Waals surface area contributed by atoms with E-state index in [-0.39, 0.29) is 11.6 Å². The zero-order chi connectivity index (χ0) is 14.7. The SMILES string of the molecule is C[C@H](O)c1nnc([C@H](C)O)n1/N=C/c1ccc(Cl)cc1. The summed E-state index contributed by atoms with van der Waals surface area (Å²) < 4.78 is 1.34. The standard InChI is InChI=1S/C13H15ClN4O2/c1-8(19)12-16-17-13(9(2)20)18(12)15-7-10-3-5-11(14)6-4-10/h3-9,19-20H,1-2H3/b15-7+/t8-,9-/m0/s1. The first kappa shape index (κ1) is 14.6. The fraction of sp³-hybridized carbons (Fsp3) is 0.308. The monoisotopic (exact) mass is 294 g/mol. The highest BCUT2D eigenvalue weighted by atomic mass is 35.5. The molecule has 20 heavy (non-hydrogen) atoms. The molecule has 106 valence electrons. The molecule has 0 aliphatic heterocycles. The molecule has 0 saturated heterocycles. The minimum absolute atomic E-state index is 0.270. The predicted octanol–water partition coefficient (Wildman–Crippen LogP) is 1.92. The summed E-state index contributed by atoms with van der Waals surface area (Å²) in [6, 6.07) is 7.11. The van der Waals surface area contributed by atoms with Gasteiger partial charge in [-0.05, 0) is 31.5 Å². The number of rotatable bonds is 4. The van der Waals surface area contributed by atoms with Gasteiger partial charge in [0.25, 0.3) is 0 Å². The molecule has 0 amide bonds. The lowest BCUT2D eigenvalue weighted by molar-refractivity contribution is 0.174. The lowest BCUT2D eigenvalue weighted by atomic mass is 10.2. The van der Waals surface area contributed by atoms with Gasteiger partial charge in [-0.15, -0.1) is 10.2 Å². The summed E-state index contributed by atoms with van der Waals surface area (Å²) in [5.41, 5.74) is 0.830. The van der Waals surface area contributed by atoms with E-state index in [4.69, 9.17) is 11.6 Å². The molecule has 1 aromatic carbocycles. The Hall–Kier alpha value is -1.76. The minimum Gasteiger partial charge on any atom is -0.385 e. The van der Waals surface area contributed by atoms with Crippen molar-refractivity contribution in [2.75, 3.05) is 0 Å². The summed E-state index contributed by atoms with van der Waals surface area (Å²) in [6.45, 7) is 3.12. The first-order chi connectivity index (χ1) is 9.49. The first-order valence-corrected chi connectivity index (χ1v) is 6.48. The number of aliphatic hydroxyl groups is 2. The molecule has 0 radical (unpaired) electrons. The number of benzene rings is 1. The molecule has 6 nitrogen and oxygen atoms in total. The number of nitrogens with zero attached hydrogens (tertiary/aromatic N) is 4. The molecular formula is C13H15ClN4O2. The van der Waals surface area contributed by atoms with Crippen LogP contribution >= 0.6 is 11.6 Å². The average molecular weight is 295 g/mol. The molecule has 2 atom stereocenters. The minimum atomic E-state index is -0.836. The van der Waals surface area contributed by atoms with Crippen LogP contribution in [0.25, 0.3) is 0 Å². The van der Waals surface area contributed by atoms with E-state index in [0.717, 1.165) is 5.56 Å². The van der Waals surface area contributed by atoms with Crippen LogP contribution in [0.1, 0.15) is 43.3 Å². The van der Waals surface area contributed by atoms with E-state index in [9.17, 15) is 10.2 Å². The zero-order valence-electron chi connectivity index (χ0n) is 11.1. The molecular weight excluding hydrogens is 280 g/mol. The summed E-state index contributed by atoms with van der Waals surface area (Å²) in [7, 11) is 0. The summed E-state index contributed by atoms with van der Waals surface area (Å²) >= 11 is 5.81. The molecule has 1 heterocycles. The van der Waals surface area contributed by atoms with Gasteiger partial charge in [0.15, 0.2) is 11.6 Å². The second-order valence-electron chi connectivity index (χ2n) is 4.38. The van der Waals surface area contributed by atoms with Gasteiger partial charge in [0.2, 0.25) is 0 Å². The molecule has 2 aromatic rings. The van der Waals surface area contributed by atoms with Gasteiger partial charge in [0, 0.05) is 5.02 Å². The summed E-state index contributed by atoms with van der Waals surface area (Å²) in [4.78, 5) is 0. The highest BCUT2D eigenvalue weighted by molar-refractivity contribution is 6.30. The van der Waals surface area contributed by atoms with E-state index in [1.807, 2.05) is 0 Å². The third-order valence-corrected chi connectivity index (χ3v) is 2.88. The van der Waals surface area contributed by atoms with Crippen molar-refractivity contribution in [1.29, 1.82) is 0 Å². The van der Waals surface area contributed by atoms with Gasteiger partial charge in [-0.3, -0.25) is 0 Å². The van der Waals surface area contributed by atoms with Gasteiger partial charge in [-0.1, -0.05) is 23.7 Å². The van der Waals surface area contributed by atoms with E-state index in [2.05, 4.69) is 15.3 Å². The maximum atomic E-state index is 9.64. The van der Waals surface area contributed by atoms with Crippen LogP contribution in [0.4, 0.5) is 0 Å². The maximum Gasteiger partial charge on any atom is 0.182 e.